The van der Waals surface area contributed by atoms with Crippen molar-refractivity contribution in [3.8, 4) is 0 Å². The quantitative estimate of drug-likeness (QED) is 0.683. The lowest BCUT2D eigenvalue weighted by Crippen LogP contribution is -2.46. The summed E-state index contributed by atoms with van der Waals surface area (Å²) >= 11 is 9.53. The number of aromatic carboxylic acids is 1. The highest BCUT2D eigenvalue weighted by molar-refractivity contribution is 9.10. The van der Waals surface area contributed by atoms with E-state index in [9.17, 15) is 9.59 Å². The third kappa shape index (κ3) is 4.27. The molecule has 6 nitrogen and oxygen atoms in total. The number of amides is 1. The van der Waals surface area contributed by atoms with Crippen LogP contribution in [0.3, 0.4) is 0 Å². The van der Waals surface area contributed by atoms with Gasteiger partial charge in [-0.3, -0.25) is 9.80 Å². The molecule has 0 atom stereocenters. The molecule has 152 valence electrons. The fourth-order valence-electron chi connectivity index (χ4n) is 3.88. The summed E-state index contributed by atoms with van der Waals surface area (Å²) in [5.74, 6) is -0.989. The zero-order chi connectivity index (χ0) is 20.6. The van der Waals surface area contributed by atoms with E-state index in [-0.39, 0.29) is 11.7 Å². The third-order valence-corrected chi connectivity index (χ3v) is 6.77. The molecule has 29 heavy (non-hydrogen) atoms. The lowest BCUT2D eigenvalue weighted by Gasteiger charge is -2.37. The van der Waals surface area contributed by atoms with E-state index < -0.39 is 11.6 Å². The summed E-state index contributed by atoms with van der Waals surface area (Å²) in [6.07, 6.45) is 1.15. The van der Waals surface area contributed by atoms with Crippen molar-refractivity contribution < 1.29 is 19.4 Å². The smallest absolute Gasteiger partial charge is 0.415 e. The largest absolute Gasteiger partial charge is 0.478 e. The highest BCUT2D eigenvalue weighted by Gasteiger charge is 2.47. The van der Waals surface area contributed by atoms with Crippen molar-refractivity contribution in [1.82, 2.24) is 4.90 Å². The zero-order valence-electron chi connectivity index (χ0n) is 15.6. The fourth-order valence-corrected chi connectivity index (χ4v) is 4.42. The van der Waals surface area contributed by atoms with Gasteiger partial charge in [0.05, 0.1) is 17.1 Å². The molecule has 0 saturated carbocycles. The number of ether oxygens (including phenoxy) is 1. The average molecular weight is 480 g/mol. The molecule has 2 aromatic carbocycles. The number of piperidine rings is 1. The lowest BCUT2D eigenvalue weighted by atomic mass is 9.91. The van der Waals surface area contributed by atoms with Crippen molar-refractivity contribution in [2.24, 2.45) is 0 Å². The van der Waals surface area contributed by atoms with Gasteiger partial charge in [0.1, 0.15) is 5.60 Å². The topological polar surface area (TPSA) is 70.1 Å². The third-order valence-electron chi connectivity index (χ3n) is 5.55. The molecular weight excluding hydrogens is 460 g/mol. The van der Waals surface area contributed by atoms with Gasteiger partial charge in [0, 0.05) is 42.6 Å². The van der Waals surface area contributed by atoms with Crippen LogP contribution in [0.1, 0.15) is 28.8 Å². The first-order valence-corrected chi connectivity index (χ1v) is 10.5. The van der Waals surface area contributed by atoms with Crippen LogP contribution in [0.5, 0.6) is 0 Å². The van der Waals surface area contributed by atoms with Gasteiger partial charge in [-0.15, -0.1) is 0 Å². The Labute approximate surface area is 182 Å². The summed E-state index contributed by atoms with van der Waals surface area (Å²) < 4.78 is 6.68. The predicted molar refractivity (Wildman–Crippen MR) is 114 cm³/mol. The Kier molecular flexibility index (Phi) is 5.55. The van der Waals surface area contributed by atoms with E-state index in [1.165, 1.54) is 17.7 Å². The first-order valence-electron chi connectivity index (χ1n) is 9.35. The van der Waals surface area contributed by atoms with Gasteiger partial charge < -0.3 is 9.84 Å². The molecule has 0 aliphatic carbocycles. The molecule has 2 aliphatic rings. The van der Waals surface area contributed by atoms with E-state index in [2.05, 4.69) is 20.8 Å². The number of carboxylic acids is 1. The number of hydrogen-bond donors (Lipinski definition) is 1. The van der Waals surface area contributed by atoms with Crippen LogP contribution in [0.2, 0.25) is 5.02 Å². The van der Waals surface area contributed by atoms with Gasteiger partial charge in [0.25, 0.3) is 0 Å². The normalized spacial score (nSPS) is 18.8. The molecule has 2 aliphatic heterocycles. The minimum atomic E-state index is -0.989. The van der Waals surface area contributed by atoms with Gasteiger partial charge in [0.2, 0.25) is 0 Å². The molecule has 1 amide bonds. The van der Waals surface area contributed by atoms with Crippen molar-refractivity contribution in [3.63, 3.8) is 0 Å². The summed E-state index contributed by atoms with van der Waals surface area (Å²) in [5.41, 5.74) is 1.55. The van der Waals surface area contributed by atoms with Crippen LogP contribution in [0.15, 0.2) is 46.9 Å². The Morgan fingerprint density at radius 1 is 1.17 bits per heavy atom. The van der Waals surface area contributed by atoms with Crippen molar-refractivity contribution >= 4 is 45.3 Å². The van der Waals surface area contributed by atoms with E-state index in [1.807, 2.05) is 18.2 Å². The van der Waals surface area contributed by atoms with Crippen LogP contribution in [0.4, 0.5) is 10.5 Å². The summed E-state index contributed by atoms with van der Waals surface area (Å²) in [4.78, 5) is 27.4. The summed E-state index contributed by atoms with van der Waals surface area (Å²) in [6, 6.07) is 12.2. The highest BCUT2D eigenvalue weighted by Crippen LogP contribution is 2.36. The second-order valence-electron chi connectivity index (χ2n) is 7.51. The van der Waals surface area contributed by atoms with Gasteiger partial charge in [-0.25, -0.2) is 9.59 Å². The number of halogens is 2. The molecule has 2 heterocycles. The maximum Gasteiger partial charge on any atom is 0.415 e. The van der Waals surface area contributed by atoms with Crippen LogP contribution in [0.25, 0.3) is 0 Å². The molecule has 2 saturated heterocycles. The maximum absolute atomic E-state index is 12.5. The SMILES string of the molecule is O=C(O)c1ccc(N2CC3(CCN(Cc4ccc(Cl)c(Br)c4)CC3)OC2=O)cc1. The summed E-state index contributed by atoms with van der Waals surface area (Å²) in [5, 5.41) is 9.73. The van der Waals surface area contributed by atoms with E-state index >= 15 is 0 Å². The number of likely N-dealkylation sites (tertiary alicyclic amines) is 1. The van der Waals surface area contributed by atoms with Crippen LogP contribution >= 0.6 is 27.5 Å². The number of anilines is 1. The molecule has 4 rings (SSSR count). The van der Waals surface area contributed by atoms with Crippen LogP contribution < -0.4 is 4.90 Å². The van der Waals surface area contributed by atoms with E-state index in [4.69, 9.17) is 21.4 Å². The Bertz CT molecular complexity index is 942. The first-order chi connectivity index (χ1) is 13.8. The van der Waals surface area contributed by atoms with Crippen LogP contribution in [0, 0.1) is 0 Å². The Hall–Kier alpha value is -2.09. The number of carbonyl (C=O) groups excluding carboxylic acids is 1. The molecule has 1 spiro atoms. The summed E-state index contributed by atoms with van der Waals surface area (Å²) in [7, 11) is 0. The summed E-state index contributed by atoms with van der Waals surface area (Å²) in [6.45, 7) is 2.97. The molecular formula is C21H20BrClN2O4. The average Bonchev–Trinajstić information content (AvgIpc) is 3.03. The fraction of sp³-hybridized carbons (Fsp3) is 0.333. The Morgan fingerprint density at radius 3 is 2.48 bits per heavy atom. The number of nitrogens with zero attached hydrogens (tertiary/aromatic N) is 2. The molecule has 1 N–H and O–H groups in total. The lowest BCUT2D eigenvalue weighted by molar-refractivity contribution is -0.000981. The standard InChI is InChI=1S/C21H20BrClN2O4/c22-17-11-14(1-6-18(17)23)12-24-9-7-21(8-10-24)13-25(20(28)29-21)16-4-2-15(3-5-16)19(26)27/h1-6,11H,7-10,12-13H2,(H,26,27). The monoisotopic (exact) mass is 478 g/mol. The van der Waals surface area contributed by atoms with E-state index in [1.54, 1.807) is 17.0 Å². The van der Waals surface area contributed by atoms with Crippen molar-refractivity contribution in [3.05, 3.63) is 63.1 Å². The van der Waals surface area contributed by atoms with E-state index in [0.29, 0.717) is 17.3 Å². The van der Waals surface area contributed by atoms with Gasteiger partial charge in [0.15, 0.2) is 0 Å². The number of carboxylic acid groups (broad SMARTS) is 1. The minimum absolute atomic E-state index is 0.193. The number of benzene rings is 2. The molecule has 0 radical (unpaired) electrons. The first kappa shape index (κ1) is 20.2. The molecule has 2 fully saturated rings. The minimum Gasteiger partial charge on any atom is -0.478 e. The van der Waals surface area contributed by atoms with Crippen molar-refractivity contribution in [2.75, 3.05) is 24.5 Å². The van der Waals surface area contributed by atoms with E-state index in [0.717, 1.165) is 36.9 Å². The van der Waals surface area contributed by atoms with Gasteiger partial charge in [-0.05, 0) is 57.9 Å². The van der Waals surface area contributed by atoms with Gasteiger partial charge in [-0.1, -0.05) is 17.7 Å². The molecule has 0 bridgehead atoms. The van der Waals surface area contributed by atoms with Crippen molar-refractivity contribution in [2.45, 2.75) is 25.0 Å². The van der Waals surface area contributed by atoms with Crippen molar-refractivity contribution in [1.29, 1.82) is 0 Å². The molecule has 8 heteroatoms. The Morgan fingerprint density at radius 2 is 1.86 bits per heavy atom. The molecule has 2 aromatic rings. The maximum atomic E-state index is 12.5. The van der Waals surface area contributed by atoms with Crippen LogP contribution in [-0.4, -0.2) is 47.3 Å². The van der Waals surface area contributed by atoms with Crippen LogP contribution in [-0.2, 0) is 11.3 Å². The number of hydrogen-bond acceptors (Lipinski definition) is 4. The molecule has 0 aromatic heterocycles. The zero-order valence-corrected chi connectivity index (χ0v) is 17.9. The second-order valence-corrected chi connectivity index (χ2v) is 8.78. The molecule has 0 unspecified atom stereocenters. The van der Waals surface area contributed by atoms with Gasteiger partial charge >= 0.3 is 12.1 Å². The number of rotatable bonds is 4. The Balaban J connectivity index is 1.39. The number of carbonyl (C=O) groups is 2. The predicted octanol–water partition coefficient (Wildman–Crippen LogP) is 4.79. The second kappa shape index (κ2) is 7.97. The highest BCUT2D eigenvalue weighted by atomic mass is 79.9. The van der Waals surface area contributed by atoms with Gasteiger partial charge in [-0.2, -0.15) is 0 Å².